The third-order valence-electron chi connectivity index (χ3n) is 6.28. The van der Waals surface area contributed by atoms with Crippen LogP contribution in [0.15, 0.2) is 79.4 Å². The molecule has 3 aromatic carbocycles. The van der Waals surface area contributed by atoms with Gasteiger partial charge in [0, 0.05) is 6.42 Å². The summed E-state index contributed by atoms with van der Waals surface area (Å²) in [5, 5.41) is 0. The van der Waals surface area contributed by atoms with Gasteiger partial charge in [0.15, 0.2) is 5.60 Å². The molecule has 0 aromatic heterocycles. The van der Waals surface area contributed by atoms with Gasteiger partial charge in [-0.25, -0.2) is 4.79 Å². The van der Waals surface area contributed by atoms with Gasteiger partial charge in [-0.15, -0.1) is 0 Å². The molecule has 0 spiro atoms. The molecule has 3 unspecified atom stereocenters. The fourth-order valence-corrected chi connectivity index (χ4v) is 4.63. The SMILES string of the molecule is C=C(c1ccccc1)C12CC(c3ccc(C)cc3)OC1c1cc(C)ccc1C(=O)O2. The molecule has 3 aromatic rings. The van der Waals surface area contributed by atoms with E-state index in [0.717, 1.165) is 27.8 Å². The van der Waals surface area contributed by atoms with E-state index in [-0.39, 0.29) is 12.1 Å². The number of aryl methyl sites for hydroxylation is 2. The highest BCUT2D eigenvalue weighted by Gasteiger charge is 2.58. The summed E-state index contributed by atoms with van der Waals surface area (Å²) in [7, 11) is 0. The third-order valence-corrected chi connectivity index (χ3v) is 6.28. The molecule has 0 saturated carbocycles. The number of rotatable bonds is 3. The van der Waals surface area contributed by atoms with Crippen molar-refractivity contribution in [1.29, 1.82) is 0 Å². The lowest BCUT2D eigenvalue weighted by Crippen LogP contribution is -2.43. The molecular formula is C27H24O3. The molecular weight excluding hydrogens is 372 g/mol. The fraction of sp³-hybridized carbons (Fsp3) is 0.222. The number of carbonyl (C=O) groups excluding carboxylic acids is 1. The number of esters is 1. The molecule has 2 aliphatic heterocycles. The fourth-order valence-electron chi connectivity index (χ4n) is 4.63. The van der Waals surface area contributed by atoms with E-state index in [2.05, 4.69) is 37.8 Å². The highest BCUT2D eigenvalue weighted by molar-refractivity contribution is 5.95. The average molecular weight is 396 g/mol. The van der Waals surface area contributed by atoms with Crippen molar-refractivity contribution in [3.8, 4) is 0 Å². The number of carbonyl (C=O) groups is 1. The van der Waals surface area contributed by atoms with Gasteiger partial charge in [0.2, 0.25) is 0 Å². The molecule has 1 fully saturated rings. The topological polar surface area (TPSA) is 35.5 Å². The molecule has 0 amide bonds. The molecule has 3 atom stereocenters. The lowest BCUT2D eigenvalue weighted by molar-refractivity contribution is -0.0493. The summed E-state index contributed by atoms with van der Waals surface area (Å²) in [6, 6.07) is 24.1. The molecule has 1 saturated heterocycles. The van der Waals surface area contributed by atoms with Crippen LogP contribution in [-0.4, -0.2) is 11.6 Å². The van der Waals surface area contributed by atoms with E-state index in [1.54, 1.807) is 0 Å². The molecule has 0 radical (unpaired) electrons. The maximum absolute atomic E-state index is 13.0. The van der Waals surface area contributed by atoms with Gasteiger partial charge in [0.05, 0.1) is 11.7 Å². The monoisotopic (exact) mass is 396 g/mol. The Labute approximate surface area is 177 Å². The van der Waals surface area contributed by atoms with E-state index >= 15 is 0 Å². The van der Waals surface area contributed by atoms with Crippen LogP contribution in [0.1, 0.15) is 56.8 Å². The van der Waals surface area contributed by atoms with E-state index in [1.807, 2.05) is 55.5 Å². The van der Waals surface area contributed by atoms with Crippen LogP contribution in [0.2, 0.25) is 0 Å². The Bertz CT molecular complexity index is 1130. The number of hydrogen-bond donors (Lipinski definition) is 0. The Morgan fingerprint density at radius 3 is 2.40 bits per heavy atom. The van der Waals surface area contributed by atoms with Gasteiger partial charge >= 0.3 is 5.97 Å². The van der Waals surface area contributed by atoms with Gasteiger partial charge in [-0.1, -0.05) is 84.4 Å². The van der Waals surface area contributed by atoms with Crippen LogP contribution in [0.25, 0.3) is 5.57 Å². The van der Waals surface area contributed by atoms with Gasteiger partial charge in [-0.3, -0.25) is 0 Å². The smallest absolute Gasteiger partial charge is 0.339 e. The van der Waals surface area contributed by atoms with E-state index in [9.17, 15) is 4.79 Å². The van der Waals surface area contributed by atoms with Crippen LogP contribution in [0, 0.1) is 13.8 Å². The van der Waals surface area contributed by atoms with Crippen molar-refractivity contribution in [2.24, 2.45) is 0 Å². The molecule has 0 bridgehead atoms. The van der Waals surface area contributed by atoms with Crippen molar-refractivity contribution < 1.29 is 14.3 Å². The zero-order chi connectivity index (χ0) is 20.9. The van der Waals surface area contributed by atoms with Gasteiger partial charge in [0.1, 0.15) is 6.10 Å². The van der Waals surface area contributed by atoms with Crippen molar-refractivity contribution >= 4 is 11.5 Å². The summed E-state index contributed by atoms with van der Waals surface area (Å²) in [6.45, 7) is 8.49. The zero-order valence-electron chi connectivity index (χ0n) is 17.2. The summed E-state index contributed by atoms with van der Waals surface area (Å²) in [4.78, 5) is 13.0. The molecule has 3 heteroatoms. The Kier molecular flexibility index (Phi) is 4.37. The van der Waals surface area contributed by atoms with Crippen LogP contribution >= 0.6 is 0 Å². The minimum absolute atomic E-state index is 0.185. The van der Waals surface area contributed by atoms with Gasteiger partial charge in [-0.2, -0.15) is 0 Å². The van der Waals surface area contributed by atoms with Crippen molar-refractivity contribution in [3.63, 3.8) is 0 Å². The minimum Gasteiger partial charge on any atom is -0.447 e. The Balaban J connectivity index is 1.65. The molecule has 2 aliphatic rings. The molecule has 0 N–H and O–H groups in total. The highest BCUT2D eigenvalue weighted by atomic mass is 16.6. The van der Waals surface area contributed by atoms with Crippen LogP contribution in [0.5, 0.6) is 0 Å². The summed E-state index contributed by atoms with van der Waals surface area (Å²) in [6.07, 6.45) is -0.0486. The second-order valence-electron chi connectivity index (χ2n) is 8.33. The third kappa shape index (κ3) is 2.89. The number of hydrogen-bond acceptors (Lipinski definition) is 3. The summed E-state index contributed by atoms with van der Waals surface area (Å²) in [5.41, 5.74) is 5.64. The standard InChI is InChI=1S/C27H24O3/c1-17-9-12-21(13-10-17)24-16-27(19(3)20-7-5-4-6-8-20)25(29-24)23-15-18(2)11-14-22(23)26(28)30-27/h4-15,24-25H,3,16H2,1-2H3. The Hall–Kier alpha value is -3.17. The normalized spacial score (nSPS) is 24.7. The average Bonchev–Trinajstić information content (AvgIpc) is 3.15. The summed E-state index contributed by atoms with van der Waals surface area (Å²) < 4.78 is 12.8. The summed E-state index contributed by atoms with van der Waals surface area (Å²) >= 11 is 0. The van der Waals surface area contributed by atoms with Crippen LogP contribution in [-0.2, 0) is 9.47 Å². The van der Waals surface area contributed by atoms with Crippen molar-refractivity contribution in [2.75, 3.05) is 0 Å². The maximum atomic E-state index is 13.0. The molecule has 3 nitrogen and oxygen atoms in total. The lowest BCUT2D eigenvalue weighted by atomic mass is 9.76. The molecule has 0 aliphatic carbocycles. The zero-order valence-corrected chi connectivity index (χ0v) is 17.2. The predicted molar refractivity (Wildman–Crippen MR) is 117 cm³/mol. The van der Waals surface area contributed by atoms with Gasteiger partial charge in [-0.05, 0) is 42.2 Å². The quantitative estimate of drug-likeness (QED) is 0.500. The first-order valence-electron chi connectivity index (χ1n) is 10.3. The van der Waals surface area contributed by atoms with Gasteiger partial charge < -0.3 is 9.47 Å². The van der Waals surface area contributed by atoms with E-state index in [1.165, 1.54) is 5.56 Å². The predicted octanol–water partition coefficient (Wildman–Crippen LogP) is 6.13. The van der Waals surface area contributed by atoms with Crippen LogP contribution in [0.3, 0.4) is 0 Å². The van der Waals surface area contributed by atoms with E-state index in [4.69, 9.17) is 9.47 Å². The first kappa shape index (κ1) is 18.8. The van der Waals surface area contributed by atoms with Crippen LogP contribution in [0.4, 0.5) is 0 Å². The number of benzene rings is 3. The number of fused-ring (bicyclic) bond motifs is 3. The van der Waals surface area contributed by atoms with Gasteiger partial charge in [0.25, 0.3) is 0 Å². The van der Waals surface area contributed by atoms with Crippen LogP contribution < -0.4 is 0 Å². The summed E-state index contributed by atoms with van der Waals surface area (Å²) in [5.74, 6) is -0.313. The molecule has 30 heavy (non-hydrogen) atoms. The van der Waals surface area contributed by atoms with Crippen molar-refractivity contribution in [3.05, 3.63) is 113 Å². The van der Waals surface area contributed by atoms with Crippen molar-refractivity contribution in [1.82, 2.24) is 0 Å². The maximum Gasteiger partial charge on any atom is 0.339 e. The molecule has 2 heterocycles. The largest absolute Gasteiger partial charge is 0.447 e. The highest BCUT2D eigenvalue weighted by Crippen LogP contribution is 2.58. The van der Waals surface area contributed by atoms with Crippen molar-refractivity contribution in [2.45, 2.75) is 38.1 Å². The second-order valence-corrected chi connectivity index (χ2v) is 8.33. The lowest BCUT2D eigenvalue weighted by Gasteiger charge is -2.40. The second kappa shape index (κ2) is 6.96. The molecule has 5 rings (SSSR count). The minimum atomic E-state index is -0.936. The Morgan fingerprint density at radius 2 is 1.67 bits per heavy atom. The first-order valence-corrected chi connectivity index (χ1v) is 10.3. The molecule has 150 valence electrons. The first-order chi connectivity index (χ1) is 14.5. The number of ether oxygens (including phenoxy) is 2. The van der Waals surface area contributed by atoms with E-state index in [0.29, 0.717) is 12.0 Å². The Morgan fingerprint density at radius 1 is 0.967 bits per heavy atom. The van der Waals surface area contributed by atoms with E-state index < -0.39 is 11.7 Å².